The molecule has 0 saturated carbocycles. The highest BCUT2D eigenvalue weighted by Gasteiger charge is 2.14. The molecule has 2 rings (SSSR count). The average molecular weight is 387 g/mol. The minimum absolute atomic E-state index is 0.305. The number of nitrogens with one attached hydrogen (secondary N) is 3. The van der Waals surface area contributed by atoms with E-state index in [1.54, 1.807) is 31.3 Å². The van der Waals surface area contributed by atoms with Crippen LogP contribution in [-0.2, 0) is 0 Å². The number of nitrogens with zero attached hydrogens (tertiary/aromatic N) is 3. The van der Waals surface area contributed by atoms with E-state index in [0.29, 0.717) is 28.9 Å². The number of methoxy groups -OCH3 is 1. The fourth-order valence-electron chi connectivity index (χ4n) is 2.60. The van der Waals surface area contributed by atoms with Gasteiger partial charge in [0, 0.05) is 19.7 Å². The van der Waals surface area contributed by atoms with Gasteiger partial charge in [0.1, 0.15) is 11.6 Å². The second kappa shape index (κ2) is 11.7. The molecule has 1 amide bonds. The van der Waals surface area contributed by atoms with E-state index in [9.17, 15) is 4.79 Å². The van der Waals surface area contributed by atoms with E-state index in [4.69, 9.17) is 10.5 Å². The molecule has 28 heavy (non-hydrogen) atoms. The summed E-state index contributed by atoms with van der Waals surface area (Å²) in [6, 6.07) is 6.75. The number of carbonyl (C=O) groups is 1. The minimum Gasteiger partial charge on any atom is -0.480 e. The van der Waals surface area contributed by atoms with Crippen LogP contribution < -0.4 is 26.4 Å². The lowest BCUT2D eigenvalue weighted by Gasteiger charge is -2.13. The summed E-state index contributed by atoms with van der Waals surface area (Å²) in [6.07, 6.45) is 5.49. The molecule has 9 heteroatoms. The number of hydrogen-bond acceptors (Lipinski definition) is 8. The monoisotopic (exact) mass is 387 g/mol. The molecule has 2 heterocycles. The molecule has 0 aromatic carbocycles. The number of ether oxygens (including phenoxy) is 1. The summed E-state index contributed by atoms with van der Waals surface area (Å²) >= 11 is 0. The van der Waals surface area contributed by atoms with E-state index in [0.717, 1.165) is 45.2 Å². The zero-order valence-corrected chi connectivity index (χ0v) is 16.5. The molecular weight excluding hydrogens is 358 g/mol. The fraction of sp³-hybridized carbons (Fsp3) is 0.474. The van der Waals surface area contributed by atoms with Gasteiger partial charge >= 0.3 is 0 Å². The van der Waals surface area contributed by atoms with E-state index < -0.39 is 0 Å². The topological polar surface area (TPSA) is 127 Å². The van der Waals surface area contributed by atoms with E-state index >= 15 is 0 Å². The predicted molar refractivity (Wildman–Crippen MR) is 111 cm³/mol. The molecule has 9 nitrogen and oxygen atoms in total. The summed E-state index contributed by atoms with van der Waals surface area (Å²) in [4.78, 5) is 17.1. The smallest absolute Gasteiger partial charge is 0.260 e. The Kier molecular flexibility index (Phi) is 8.93. The first-order chi connectivity index (χ1) is 13.7. The van der Waals surface area contributed by atoms with Crippen molar-refractivity contribution < 1.29 is 9.53 Å². The third kappa shape index (κ3) is 6.66. The third-order valence-electron chi connectivity index (χ3n) is 4.16. The van der Waals surface area contributed by atoms with Crippen molar-refractivity contribution in [2.45, 2.75) is 32.1 Å². The predicted octanol–water partition coefficient (Wildman–Crippen LogP) is 2.50. The van der Waals surface area contributed by atoms with Crippen LogP contribution in [0.3, 0.4) is 0 Å². The maximum Gasteiger partial charge on any atom is 0.260 e. The molecule has 152 valence electrons. The largest absolute Gasteiger partial charge is 0.480 e. The molecule has 0 unspecified atom stereocenters. The van der Waals surface area contributed by atoms with E-state index in [2.05, 4.69) is 31.1 Å². The van der Waals surface area contributed by atoms with Crippen molar-refractivity contribution in [2.75, 3.05) is 43.2 Å². The van der Waals surface area contributed by atoms with Crippen LogP contribution in [0.5, 0.6) is 5.88 Å². The van der Waals surface area contributed by atoms with Gasteiger partial charge in [-0.1, -0.05) is 19.3 Å². The molecule has 0 radical (unpaired) electrons. The van der Waals surface area contributed by atoms with Crippen molar-refractivity contribution in [3.63, 3.8) is 0 Å². The Bertz CT molecular complexity index is 738. The quantitative estimate of drug-likeness (QED) is 0.409. The molecule has 2 aromatic rings. The Morgan fingerprint density at radius 2 is 1.79 bits per heavy atom. The van der Waals surface area contributed by atoms with E-state index in [1.165, 1.54) is 7.11 Å². The maximum atomic E-state index is 12.7. The molecule has 2 aromatic heterocycles. The van der Waals surface area contributed by atoms with Crippen LogP contribution in [0.15, 0.2) is 24.3 Å². The normalized spacial score (nSPS) is 10.4. The lowest BCUT2D eigenvalue weighted by atomic mass is 10.1. The number of amides is 1. The number of pyridine rings is 1. The van der Waals surface area contributed by atoms with Crippen LogP contribution in [0.2, 0.25) is 0 Å². The van der Waals surface area contributed by atoms with Crippen molar-refractivity contribution in [2.24, 2.45) is 5.73 Å². The molecule has 0 atom stereocenters. The molecule has 0 aliphatic rings. The van der Waals surface area contributed by atoms with Gasteiger partial charge in [0.2, 0.25) is 5.88 Å². The molecule has 0 bridgehead atoms. The summed E-state index contributed by atoms with van der Waals surface area (Å²) in [5, 5.41) is 16.8. The Morgan fingerprint density at radius 3 is 2.46 bits per heavy atom. The first kappa shape index (κ1) is 21.4. The summed E-state index contributed by atoms with van der Waals surface area (Å²) in [7, 11) is 3.30. The van der Waals surface area contributed by atoms with Gasteiger partial charge in [-0.2, -0.15) is 0 Å². The Labute approximate surface area is 165 Å². The average Bonchev–Trinajstić information content (AvgIpc) is 2.73. The van der Waals surface area contributed by atoms with Crippen LogP contribution in [-0.4, -0.2) is 48.3 Å². The zero-order chi connectivity index (χ0) is 20.2. The van der Waals surface area contributed by atoms with Crippen LogP contribution in [0.25, 0.3) is 0 Å². The van der Waals surface area contributed by atoms with Crippen molar-refractivity contribution in [3.8, 4) is 5.88 Å². The summed E-state index contributed by atoms with van der Waals surface area (Å²) in [5.74, 6) is 1.64. The van der Waals surface area contributed by atoms with Gasteiger partial charge in [0.05, 0.1) is 12.7 Å². The highest BCUT2D eigenvalue weighted by Crippen LogP contribution is 2.18. The Hall–Kier alpha value is -2.94. The number of hydrogen-bond donors (Lipinski definition) is 4. The van der Waals surface area contributed by atoms with Gasteiger partial charge in [0.25, 0.3) is 5.91 Å². The molecule has 0 saturated heterocycles. The summed E-state index contributed by atoms with van der Waals surface area (Å²) in [6.45, 7) is 1.49. The number of nitrogens with two attached hydrogens (primary N) is 1. The number of rotatable bonds is 12. The van der Waals surface area contributed by atoms with Gasteiger partial charge in [-0.15, -0.1) is 10.2 Å². The highest BCUT2D eigenvalue weighted by molar-refractivity contribution is 6.07. The molecular formula is C19H29N7O2. The highest BCUT2D eigenvalue weighted by atomic mass is 16.5. The third-order valence-corrected chi connectivity index (χ3v) is 4.16. The maximum absolute atomic E-state index is 12.7. The first-order valence-electron chi connectivity index (χ1n) is 9.49. The number of aromatic nitrogens is 3. The molecule has 0 aliphatic carbocycles. The van der Waals surface area contributed by atoms with E-state index in [1.807, 2.05) is 0 Å². The van der Waals surface area contributed by atoms with Gasteiger partial charge in [-0.05, 0) is 37.6 Å². The van der Waals surface area contributed by atoms with Crippen molar-refractivity contribution >= 4 is 23.4 Å². The van der Waals surface area contributed by atoms with Gasteiger partial charge in [-0.25, -0.2) is 4.98 Å². The SMILES string of the molecule is CNc1ccc(C(=O)Nc2ccc(OC)nn2)c(NCCCCCCCN)n1. The molecule has 0 aliphatic heterocycles. The minimum atomic E-state index is -0.305. The van der Waals surface area contributed by atoms with Gasteiger partial charge in [0.15, 0.2) is 5.82 Å². The van der Waals surface area contributed by atoms with Crippen LogP contribution in [0.4, 0.5) is 17.5 Å². The number of unbranched alkanes of at least 4 members (excludes halogenated alkanes) is 4. The Morgan fingerprint density at radius 1 is 1.04 bits per heavy atom. The van der Waals surface area contributed by atoms with Crippen molar-refractivity contribution in [3.05, 3.63) is 29.8 Å². The van der Waals surface area contributed by atoms with Crippen LogP contribution >= 0.6 is 0 Å². The number of anilines is 3. The molecule has 0 spiro atoms. The first-order valence-corrected chi connectivity index (χ1v) is 9.49. The van der Waals surface area contributed by atoms with Gasteiger partial charge < -0.3 is 26.4 Å². The van der Waals surface area contributed by atoms with Crippen molar-refractivity contribution in [1.82, 2.24) is 15.2 Å². The summed E-state index contributed by atoms with van der Waals surface area (Å²) in [5.41, 5.74) is 5.95. The second-order valence-electron chi connectivity index (χ2n) is 6.24. The second-order valence-corrected chi connectivity index (χ2v) is 6.24. The standard InChI is InChI=1S/C19H29N7O2/c1-21-15-9-8-14(18(23-15)22-13-7-5-3-4-6-12-20)19(27)24-16-10-11-17(28-2)26-25-16/h8-11H,3-7,12-13,20H2,1-2H3,(H2,21,22,23)(H,24,25,27). The van der Waals surface area contributed by atoms with Crippen LogP contribution in [0.1, 0.15) is 42.5 Å². The number of carbonyl (C=O) groups excluding carboxylic acids is 1. The van der Waals surface area contributed by atoms with E-state index in [-0.39, 0.29) is 5.91 Å². The fourth-order valence-corrected chi connectivity index (χ4v) is 2.60. The zero-order valence-electron chi connectivity index (χ0n) is 16.5. The lowest BCUT2D eigenvalue weighted by molar-refractivity contribution is 0.102. The van der Waals surface area contributed by atoms with Crippen molar-refractivity contribution in [1.29, 1.82) is 0 Å². The lowest BCUT2D eigenvalue weighted by Crippen LogP contribution is -2.17. The molecule has 0 fully saturated rings. The van der Waals surface area contributed by atoms with Gasteiger partial charge in [-0.3, -0.25) is 4.79 Å². The summed E-state index contributed by atoms with van der Waals surface area (Å²) < 4.78 is 4.97. The molecule has 5 N–H and O–H groups in total. The Balaban J connectivity index is 1.98. The van der Waals surface area contributed by atoms with Crippen LogP contribution in [0, 0.1) is 0 Å².